The number of carbonyl (C=O) groups excluding carboxylic acids is 1. The number of halogens is 1. The second kappa shape index (κ2) is 3.90. The van der Waals surface area contributed by atoms with Gasteiger partial charge in [0.1, 0.15) is 0 Å². The molecule has 0 fully saturated rings. The highest BCUT2D eigenvalue weighted by atomic mass is 35.5. The molecule has 17 heavy (non-hydrogen) atoms. The van der Waals surface area contributed by atoms with Crippen molar-refractivity contribution in [3.63, 3.8) is 0 Å². The van der Waals surface area contributed by atoms with Crippen LogP contribution in [0.2, 0.25) is 5.02 Å². The fourth-order valence-corrected chi connectivity index (χ4v) is 2.26. The molecule has 0 amide bonds. The molecule has 0 N–H and O–H groups in total. The molecular weight excluding hydrogens is 236 g/mol. The van der Waals surface area contributed by atoms with Gasteiger partial charge < -0.3 is 4.74 Å². The Morgan fingerprint density at radius 1 is 1.06 bits per heavy atom. The number of hydrogen-bond acceptors (Lipinski definition) is 2. The second-order valence-corrected chi connectivity index (χ2v) is 4.36. The van der Waals surface area contributed by atoms with E-state index in [1.54, 1.807) is 12.1 Å². The lowest BCUT2D eigenvalue weighted by Gasteiger charge is -2.11. The lowest BCUT2D eigenvalue weighted by molar-refractivity contribution is 0.0456. The zero-order valence-electron chi connectivity index (χ0n) is 8.89. The fraction of sp³-hybridized carbons (Fsp3) is 0.0714. The summed E-state index contributed by atoms with van der Waals surface area (Å²) in [5.41, 5.74) is 2.44. The van der Waals surface area contributed by atoms with E-state index in [2.05, 4.69) is 0 Å². The number of benzene rings is 2. The van der Waals surface area contributed by atoms with E-state index in [0.29, 0.717) is 10.6 Å². The van der Waals surface area contributed by atoms with Crippen LogP contribution in [0.4, 0.5) is 0 Å². The topological polar surface area (TPSA) is 26.3 Å². The maximum atomic E-state index is 11.7. The fourth-order valence-electron chi connectivity index (χ4n) is 2.06. The predicted octanol–water partition coefficient (Wildman–Crippen LogP) is 3.60. The van der Waals surface area contributed by atoms with Gasteiger partial charge in [-0.25, -0.2) is 4.79 Å². The Bertz CT molecular complexity index is 592. The molecule has 0 bridgehead atoms. The SMILES string of the molecule is O=C1OC(c2cccc(Cl)c2)c2ccccc21. The van der Waals surface area contributed by atoms with E-state index in [0.717, 1.165) is 11.1 Å². The van der Waals surface area contributed by atoms with Crippen molar-refractivity contribution in [1.82, 2.24) is 0 Å². The number of ether oxygens (including phenoxy) is 1. The summed E-state index contributed by atoms with van der Waals surface area (Å²) in [6.07, 6.45) is -0.336. The number of hydrogen-bond donors (Lipinski definition) is 0. The van der Waals surface area contributed by atoms with Gasteiger partial charge in [0.15, 0.2) is 6.10 Å². The van der Waals surface area contributed by atoms with Crippen LogP contribution in [0.25, 0.3) is 0 Å². The lowest BCUT2D eigenvalue weighted by Crippen LogP contribution is -2.00. The van der Waals surface area contributed by atoms with Gasteiger partial charge in [0.25, 0.3) is 0 Å². The standard InChI is InChI=1S/C14H9ClO2/c15-10-5-3-4-9(8-10)13-11-6-1-2-7-12(11)14(16)17-13/h1-8,13H. The number of esters is 1. The number of fused-ring (bicyclic) bond motifs is 1. The first-order valence-electron chi connectivity index (χ1n) is 5.31. The van der Waals surface area contributed by atoms with E-state index in [1.165, 1.54) is 0 Å². The third-order valence-electron chi connectivity index (χ3n) is 2.84. The van der Waals surface area contributed by atoms with Crippen molar-refractivity contribution >= 4 is 17.6 Å². The zero-order chi connectivity index (χ0) is 11.8. The molecule has 2 nitrogen and oxygen atoms in total. The molecule has 0 saturated carbocycles. The highest BCUT2D eigenvalue weighted by Crippen LogP contribution is 2.36. The van der Waals surface area contributed by atoms with Gasteiger partial charge in [0, 0.05) is 10.6 Å². The maximum Gasteiger partial charge on any atom is 0.339 e. The molecule has 84 valence electrons. The maximum absolute atomic E-state index is 11.7. The zero-order valence-corrected chi connectivity index (χ0v) is 9.65. The van der Waals surface area contributed by atoms with Crippen LogP contribution in [-0.2, 0) is 4.74 Å². The van der Waals surface area contributed by atoms with Gasteiger partial charge in [-0.2, -0.15) is 0 Å². The Labute approximate surface area is 104 Å². The minimum Gasteiger partial charge on any atom is -0.449 e. The quantitative estimate of drug-likeness (QED) is 0.717. The van der Waals surface area contributed by atoms with Crippen LogP contribution in [0.3, 0.4) is 0 Å². The van der Waals surface area contributed by atoms with Crippen LogP contribution in [0.15, 0.2) is 48.5 Å². The van der Waals surface area contributed by atoms with Crippen molar-refractivity contribution in [2.24, 2.45) is 0 Å². The number of carbonyl (C=O) groups is 1. The lowest BCUT2D eigenvalue weighted by atomic mass is 9.99. The Hall–Kier alpha value is -1.80. The van der Waals surface area contributed by atoms with E-state index < -0.39 is 0 Å². The Morgan fingerprint density at radius 3 is 2.71 bits per heavy atom. The van der Waals surface area contributed by atoms with Crippen molar-refractivity contribution in [3.05, 3.63) is 70.2 Å². The third-order valence-corrected chi connectivity index (χ3v) is 3.07. The first-order valence-corrected chi connectivity index (χ1v) is 5.69. The van der Waals surface area contributed by atoms with E-state index in [4.69, 9.17) is 16.3 Å². The largest absolute Gasteiger partial charge is 0.449 e. The average molecular weight is 245 g/mol. The highest BCUT2D eigenvalue weighted by molar-refractivity contribution is 6.30. The number of rotatable bonds is 1. The van der Waals surface area contributed by atoms with Crippen LogP contribution in [0.5, 0.6) is 0 Å². The minimum absolute atomic E-state index is 0.273. The van der Waals surface area contributed by atoms with Crippen LogP contribution in [-0.4, -0.2) is 5.97 Å². The second-order valence-electron chi connectivity index (χ2n) is 3.93. The molecule has 1 heterocycles. The molecule has 3 heteroatoms. The monoisotopic (exact) mass is 244 g/mol. The molecule has 2 aromatic carbocycles. The summed E-state index contributed by atoms with van der Waals surface area (Å²) in [5, 5.41) is 0.642. The van der Waals surface area contributed by atoms with E-state index in [1.807, 2.05) is 36.4 Å². The molecule has 2 aromatic rings. The normalized spacial score (nSPS) is 17.7. The molecule has 1 aliphatic heterocycles. The predicted molar refractivity (Wildman–Crippen MR) is 65.2 cm³/mol. The number of cyclic esters (lactones) is 1. The van der Waals surface area contributed by atoms with Crippen LogP contribution >= 0.6 is 11.6 Å². The molecule has 0 radical (unpaired) electrons. The van der Waals surface area contributed by atoms with Crippen LogP contribution < -0.4 is 0 Å². The Balaban J connectivity index is 2.10. The Kier molecular flexibility index (Phi) is 2.37. The van der Waals surface area contributed by atoms with Crippen molar-refractivity contribution in [2.75, 3.05) is 0 Å². The molecule has 0 aromatic heterocycles. The first kappa shape index (κ1) is 10.4. The van der Waals surface area contributed by atoms with E-state index in [9.17, 15) is 4.79 Å². The van der Waals surface area contributed by atoms with E-state index in [-0.39, 0.29) is 12.1 Å². The molecule has 1 aliphatic rings. The summed E-state index contributed by atoms with van der Waals surface area (Å²) in [5.74, 6) is -0.273. The molecule has 0 saturated heterocycles. The van der Waals surface area contributed by atoms with Gasteiger partial charge in [-0.3, -0.25) is 0 Å². The van der Waals surface area contributed by atoms with Crippen molar-refractivity contribution < 1.29 is 9.53 Å². The van der Waals surface area contributed by atoms with Crippen LogP contribution in [0.1, 0.15) is 27.6 Å². The molecule has 0 spiro atoms. The minimum atomic E-state index is -0.336. The molecule has 1 unspecified atom stereocenters. The van der Waals surface area contributed by atoms with Gasteiger partial charge in [-0.15, -0.1) is 0 Å². The van der Waals surface area contributed by atoms with Crippen molar-refractivity contribution in [3.8, 4) is 0 Å². The molecular formula is C14H9ClO2. The summed E-state index contributed by atoms with van der Waals surface area (Å²) in [7, 11) is 0. The molecule has 3 rings (SSSR count). The summed E-state index contributed by atoms with van der Waals surface area (Å²) in [6, 6.07) is 14.8. The van der Waals surface area contributed by atoms with Gasteiger partial charge in [0.2, 0.25) is 0 Å². The van der Waals surface area contributed by atoms with Gasteiger partial charge in [0.05, 0.1) is 5.56 Å². The van der Waals surface area contributed by atoms with Gasteiger partial charge in [-0.05, 0) is 23.8 Å². The van der Waals surface area contributed by atoms with Crippen molar-refractivity contribution in [2.45, 2.75) is 6.10 Å². The molecule has 0 aliphatic carbocycles. The average Bonchev–Trinajstić information content (AvgIpc) is 2.68. The first-order chi connectivity index (χ1) is 8.25. The summed E-state index contributed by atoms with van der Waals surface area (Å²) in [4.78, 5) is 11.7. The smallest absolute Gasteiger partial charge is 0.339 e. The summed E-state index contributed by atoms with van der Waals surface area (Å²) in [6.45, 7) is 0. The Morgan fingerprint density at radius 2 is 1.88 bits per heavy atom. The van der Waals surface area contributed by atoms with Crippen molar-refractivity contribution in [1.29, 1.82) is 0 Å². The van der Waals surface area contributed by atoms with Gasteiger partial charge in [-0.1, -0.05) is 41.9 Å². The van der Waals surface area contributed by atoms with E-state index >= 15 is 0 Å². The van der Waals surface area contributed by atoms with Crippen LogP contribution in [0, 0.1) is 0 Å². The summed E-state index contributed by atoms with van der Waals surface area (Å²) < 4.78 is 5.38. The summed E-state index contributed by atoms with van der Waals surface area (Å²) >= 11 is 5.95. The molecule has 1 atom stereocenters. The third kappa shape index (κ3) is 1.71. The van der Waals surface area contributed by atoms with Gasteiger partial charge >= 0.3 is 5.97 Å². The highest BCUT2D eigenvalue weighted by Gasteiger charge is 2.31.